The molecule has 0 unspecified atom stereocenters. The molecule has 18 heavy (non-hydrogen) atoms. The second kappa shape index (κ2) is 6.72. The van der Waals surface area contributed by atoms with Gasteiger partial charge in [-0.3, -0.25) is 4.79 Å². The first-order chi connectivity index (χ1) is 8.58. The zero-order chi connectivity index (χ0) is 13.5. The Labute approximate surface area is 106 Å². The van der Waals surface area contributed by atoms with Crippen molar-refractivity contribution in [3.8, 4) is 6.07 Å². The van der Waals surface area contributed by atoms with Crippen LogP contribution in [0, 0.1) is 17.1 Å². The first-order valence-electron chi connectivity index (χ1n) is 5.71. The maximum absolute atomic E-state index is 13.5. The minimum Gasteiger partial charge on any atom is -0.340 e. The molecule has 1 N–H and O–H groups in total. The van der Waals surface area contributed by atoms with E-state index in [0.717, 1.165) is 0 Å². The first kappa shape index (κ1) is 14.1. The molecule has 0 saturated heterocycles. The Morgan fingerprint density at radius 1 is 1.56 bits per heavy atom. The van der Waals surface area contributed by atoms with E-state index >= 15 is 0 Å². The van der Waals surface area contributed by atoms with Crippen molar-refractivity contribution in [2.24, 2.45) is 0 Å². The van der Waals surface area contributed by atoms with Crippen LogP contribution >= 0.6 is 0 Å². The van der Waals surface area contributed by atoms with E-state index in [4.69, 9.17) is 5.26 Å². The summed E-state index contributed by atoms with van der Waals surface area (Å²) in [6.45, 7) is 3.00. The molecular formula is C13H16FN3O. The summed E-state index contributed by atoms with van der Waals surface area (Å²) in [5.74, 6) is -0.518. The van der Waals surface area contributed by atoms with Crippen LogP contribution in [-0.4, -0.2) is 30.9 Å². The third-order valence-corrected chi connectivity index (χ3v) is 2.53. The number of halogens is 1. The number of nitrogens with one attached hydrogen (secondary N) is 1. The smallest absolute Gasteiger partial charge is 0.236 e. The number of rotatable bonds is 5. The van der Waals surface area contributed by atoms with Crippen molar-refractivity contribution in [2.75, 3.05) is 20.1 Å². The van der Waals surface area contributed by atoms with Gasteiger partial charge in [-0.15, -0.1) is 0 Å². The van der Waals surface area contributed by atoms with Gasteiger partial charge in [-0.2, -0.15) is 5.26 Å². The number of likely N-dealkylation sites (N-methyl/N-ethyl adjacent to an activating group) is 2. The van der Waals surface area contributed by atoms with E-state index in [-0.39, 0.29) is 19.0 Å². The van der Waals surface area contributed by atoms with Gasteiger partial charge in [-0.25, -0.2) is 4.39 Å². The molecule has 0 aromatic heterocycles. The molecule has 0 bridgehead atoms. The summed E-state index contributed by atoms with van der Waals surface area (Å²) < 4.78 is 13.5. The molecular weight excluding hydrogens is 233 g/mol. The van der Waals surface area contributed by atoms with Crippen LogP contribution < -0.4 is 5.32 Å². The maximum atomic E-state index is 13.5. The van der Waals surface area contributed by atoms with Crippen LogP contribution in [0.3, 0.4) is 0 Å². The van der Waals surface area contributed by atoms with Crippen molar-refractivity contribution in [1.82, 2.24) is 10.2 Å². The third-order valence-electron chi connectivity index (χ3n) is 2.53. The van der Waals surface area contributed by atoms with Crippen LogP contribution in [0.15, 0.2) is 18.2 Å². The van der Waals surface area contributed by atoms with Gasteiger partial charge in [0.15, 0.2) is 0 Å². The lowest BCUT2D eigenvalue weighted by atomic mass is 10.1. The van der Waals surface area contributed by atoms with Crippen LogP contribution in [0.5, 0.6) is 0 Å². The summed E-state index contributed by atoms with van der Waals surface area (Å²) >= 11 is 0. The number of benzene rings is 1. The van der Waals surface area contributed by atoms with Crippen molar-refractivity contribution in [3.05, 3.63) is 35.1 Å². The standard InChI is InChI=1S/C13H16FN3O/c1-3-16-8-13(18)17(2)9-11-6-10(7-15)4-5-12(11)14/h4-6,16H,3,8-9H2,1-2H3. The van der Waals surface area contributed by atoms with Gasteiger partial charge in [0.1, 0.15) is 5.82 Å². The number of hydrogen-bond donors (Lipinski definition) is 1. The van der Waals surface area contributed by atoms with E-state index in [0.29, 0.717) is 17.7 Å². The summed E-state index contributed by atoms with van der Waals surface area (Å²) in [5, 5.41) is 11.7. The summed E-state index contributed by atoms with van der Waals surface area (Å²) in [6.07, 6.45) is 0. The predicted molar refractivity (Wildman–Crippen MR) is 66.1 cm³/mol. The van der Waals surface area contributed by atoms with Gasteiger partial charge in [-0.1, -0.05) is 6.92 Å². The molecule has 0 heterocycles. The number of nitrogens with zero attached hydrogens (tertiary/aromatic N) is 2. The number of nitriles is 1. The lowest BCUT2D eigenvalue weighted by Gasteiger charge is -2.17. The average molecular weight is 249 g/mol. The van der Waals surface area contributed by atoms with Gasteiger partial charge in [0, 0.05) is 19.2 Å². The normalized spacial score (nSPS) is 9.89. The Balaban J connectivity index is 2.72. The highest BCUT2D eigenvalue weighted by atomic mass is 19.1. The minimum absolute atomic E-state index is 0.112. The zero-order valence-corrected chi connectivity index (χ0v) is 10.5. The van der Waals surface area contributed by atoms with Gasteiger partial charge in [0.05, 0.1) is 18.2 Å². The lowest BCUT2D eigenvalue weighted by molar-refractivity contribution is -0.129. The van der Waals surface area contributed by atoms with E-state index in [1.807, 2.05) is 13.0 Å². The predicted octanol–water partition coefficient (Wildman–Crippen LogP) is 1.27. The number of hydrogen-bond acceptors (Lipinski definition) is 3. The molecule has 0 radical (unpaired) electrons. The lowest BCUT2D eigenvalue weighted by Crippen LogP contribution is -2.35. The van der Waals surface area contributed by atoms with Crippen LogP contribution in [0.1, 0.15) is 18.1 Å². The minimum atomic E-state index is -0.405. The summed E-state index contributed by atoms with van der Waals surface area (Å²) in [6, 6.07) is 6.08. The molecule has 1 rings (SSSR count). The number of carbonyl (C=O) groups excluding carboxylic acids is 1. The summed E-state index contributed by atoms with van der Waals surface area (Å²) in [5.41, 5.74) is 0.736. The van der Waals surface area contributed by atoms with E-state index in [2.05, 4.69) is 5.32 Å². The van der Waals surface area contributed by atoms with E-state index in [1.54, 1.807) is 7.05 Å². The molecule has 0 fully saturated rings. The van der Waals surface area contributed by atoms with Crippen molar-refractivity contribution >= 4 is 5.91 Å². The third kappa shape index (κ3) is 3.82. The number of carbonyl (C=O) groups is 1. The Hall–Kier alpha value is -1.93. The van der Waals surface area contributed by atoms with E-state index < -0.39 is 5.82 Å². The second-order valence-corrected chi connectivity index (χ2v) is 3.95. The van der Waals surface area contributed by atoms with Gasteiger partial charge < -0.3 is 10.2 Å². The van der Waals surface area contributed by atoms with Crippen molar-refractivity contribution < 1.29 is 9.18 Å². The molecule has 0 saturated carbocycles. The molecule has 1 amide bonds. The Kier molecular flexibility index (Phi) is 5.28. The van der Waals surface area contributed by atoms with Gasteiger partial charge in [-0.05, 0) is 24.7 Å². The Bertz CT molecular complexity index is 468. The number of amides is 1. The Morgan fingerprint density at radius 3 is 2.89 bits per heavy atom. The fourth-order valence-electron chi connectivity index (χ4n) is 1.48. The molecule has 4 nitrogen and oxygen atoms in total. The summed E-state index contributed by atoms with van der Waals surface area (Å²) in [4.78, 5) is 13.1. The molecule has 5 heteroatoms. The first-order valence-corrected chi connectivity index (χ1v) is 5.71. The van der Waals surface area contributed by atoms with Crippen LogP contribution in [0.4, 0.5) is 4.39 Å². The highest BCUT2D eigenvalue weighted by Crippen LogP contribution is 2.12. The monoisotopic (exact) mass is 249 g/mol. The van der Waals surface area contributed by atoms with E-state index in [9.17, 15) is 9.18 Å². The second-order valence-electron chi connectivity index (χ2n) is 3.95. The highest BCUT2D eigenvalue weighted by Gasteiger charge is 2.11. The molecule has 0 aliphatic heterocycles. The van der Waals surface area contributed by atoms with Crippen molar-refractivity contribution in [1.29, 1.82) is 5.26 Å². The highest BCUT2D eigenvalue weighted by molar-refractivity contribution is 5.77. The Morgan fingerprint density at radius 2 is 2.28 bits per heavy atom. The van der Waals surface area contributed by atoms with Crippen molar-refractivity contribution in [3.63, 3.8) is 0 Å². The maximum Gasteiger partial charge on any atom is 0.236 e. The quantitative estimate of drug-likeness (QED) is 0.854. The molecule has 1 aromatic carbocycles. The SMILES string of the molecule is CCNCC(=O)N(C)Cc1cc(C#N)ccc1F. The molecule has 0 atom stereocenters. The molecule has 1 aromatic rings. The zero-order valence-electron chi connectivity index (χ0n) is 10.5. The largest absolute Gasteiger partial charge is 0.340 e. The van der Waals surface area contributed by atoms with Gasteiger partial charge in [0.2, 0.25) is 5.91 Å². The van der Waals surface area contributed by atoms with Crippen LogP contribution in [0.2, 0.25) is 0 Å². The fourth-order valence-corrected chi connectivity index (χ4v) is 1.48. The average Bonchev–Trinajstić information content (AvgIpc) is 2.38. The summed E-state index contributed by atoms with van der Waals surface area (Å²) in [7, 11) is 1.61. The van der Waals surface area contributed by atoms with E-state index in [1.165, 1.54) is 23.1 Å². The topological polar surface area (TPSA) is 56.1 Å². The molecule has 0 aliphatic rings. The molecule has 96 valence electrons. The van der Waals surface area contributed by atoms with Crippen LogP contribution in [0.25, 0.3) is 0 Å². The van der Waals surface area contributed by atoms with Gasteiger partial charge in [0.25, 0.3) is 0 Å². The molecule has 0 aliphatic carbocycles. The van der Waals surface area contributed by atoms with Gasteiger partial charge >= 0.3 is 0 Å². The van der Waals surface area contributed by atoms with Crippen molar-refractivity contribution in [2.45, 2.75) is 13.5 Å². The van der Waals surface area contributed by atoms with Crippen LogP contribution in [-0.2, 0) is 11.3 Å². The fraction of sp³-hybridized carbons (Fsp3) is 0.385. The molecule has 0 spiro atoms.